The number of hydrogen-bond acceptors (Lipinski definition) is 5. The maximum Gasteiger partial charge on any atom is 0.242 e. The van der Waals surface area contributed by atoms with E-state index in [9.17, 15) is 8.42 Å². The smallest absolute Gasteiger partial charge is 0.242 e. The molecule has 114 valence electrons. The molecule has 0 amide bonds. The first kappa shape index (κ1) is 15.9. The van der Waals surface area contributed by atoms with Crippen LogP contribution in [0.5, 0.6) is 0 Å². The highest BCUT2D eigenvalue weighted by Gasteiger charge is 2.23. The van der Waals surface area contributed by atoms with Crippen molar-refractivity contribution in [3.8, 4) is 0 Å². The van der Waals surface area contributed by atoms with Crippen molar-refractivity contribution in [2.24, 2.45) is 0 Å². The van der Waals surface area contributed by atoms with Crippen molar-refractivity contribution in [3.05, 3.63) is 16.3 Å². The first-order valence-electron chi connectivity index (χ1n) is 6.98. The minimum Gasteiger partial charge on any atom is -0.315 e. The zero-order chi connectivity index (χ0) is 14.6. The fourth-order valence-electron chi connectivity index (χ4n) is 2.58. The Morgan fingerprint density at radius 3 is 2.75 bits per heavy atom. The maximum atomic E-state index is 12.4. The molecule has 2 N–H and O–H groups in total. The summed E-state index contributed by atoms with van der Waals surface area (Å²) in [6.07, 6.45) is 2.44. The standard InChI is InChI=1S/C13H23N3O2S2/c1-11(10-16-6-3-4-7-16)15-20(17,18)13-5-8-19-12(13)9-14-2/h5,8,11,14-15H,3-4,6-7,9-10H2,1-2H3. The molecule has 0 bridgehead atoms. The molecule has 1 aliphatic heterocycles. The molecule has 2 rings (SSSR count). The van der Waals surface area contributed by atoms with Gasteiger partial charge in [0.1, 0.15) is 0 Å². The van der Waals surface area contributed by atoms with Gasteiger partial charge in [-0.1, -0.05) is 0 Å². The van der Waals surface area contributed by atoms with E-state index in [0.29, 0.717) is 11.4 Å². The number of sulfonamides is 1. The van der Waals surface area contributed by atoms with Gasteiger partial charge in [0, 0.05) is 24.0 Å². The Balaban J connectivity index is 2.00. The molecule has 1 fully saturated rings. The fraction of sp³-hybridized carbons (Fsp3) is 0.692. The number of hydrogen-bond donors (Lipinski definition) is 2. The average molecular weight is 317 g/mol. The largest absolute Gasteiger partial charge is 0.315 e. The second-order valence-electron chi connectivity index (χ2n) is 5.27. The highest BCUT2D eigenvalue weighted by atomic mass is 32.2. The molecule has 0 radical (unpaired) electrons. The third kappa shape index (κ3) is 4.02. The lowest BCUT2D eigenvalue weighted by Crippen LogP contribution is -2.41. The van der Waals surface area contributed by atoms with E-state index in [1.165, 1.54) is 24.2 Å². The summed E-state index contributed by atoms with van der Waals surface area (Å²) in [7, 11) is -1.60. The van der Waals surface area contributed by atoms with Crippen LogP contribution in [0.1, 0.15) is 24.6 Å². The van der Waals surface area contributed by atoms with Crippen LogP contribution >= 0.6 is 11.3 Å². The third-order valence-electron chi connectivity index (χ3n) is 3.42. The Kier molecular flexibility index (Phi) is 5.57. The van der Waals surface area contributed by atoms with E-state index >= 15 is 0 Å². The number of nitrogens with one attached hydrogen (secondary N) is 2. The molecule has 1 atom stereocenters. The van der Waals surface area contributed by atoms with Crippen LogP contribution in [0, 0.1) is 0 Å². The summed E-state index contributed by atoms with van der Waals surface area (Å²) in [6.45, 7) is 5.45. The van der Waals surface area contributed by atoms with Gasteiger partial charge in [0.05, 0.1) is 4.90 Å². The van der Waals surface area contributed by atoms with Gasteiger partial charge >= 0.3 is 0 Å². The summed E-state index contributed by atoms with van der Waals surface area (Å²) < 4.78 is 27.6. The van der Waals surface area contributed by atoms with Gasteiger partial charge in [-0.3, -0.25) is 0 Å². The Labute approximate surface area is 125 Å². The van der Waals surface area contributed by atoms with Gasteiger partial charge in [0.15, 0.2) is 0 Å². The summed E-state index contributed by atoms with van der Waals surface area (Å²) in [5, 5.41) is 4.83. The van der Waals surface area contributed by atoms with Crippen LogP contribution in [-0.2, 0) is 16.6 Å². The quantitative estimate of drug-likeness (QED) is 0.794. The van der Waals surface area contributed by atoms with Gasteiger partial charge in [-0.2, -0.15) is 0 Å². The normalized spacial score (nSPS) is 18.5. The highest BCUT2D eigenvalue weighted by molar-refractivity contribution is 7.89. The van der Waals surface area contributed by atoms with Crippen molar-refractivity contribution in [3.63, 3.8) is 0 Å². The van der Waals surface area contributed by atoms with E-state index in [2.05, 4.69) is 14.9 Å². The third-order valence-corrected chi connectivity index (χ3v) is 6.14. The summed E-state index contributed by atoms with van der Waals surface area (Å²) >= 11 is 1.47. The van der Waals surface area contributed by atoms with E-state index in [4.69, 9.17) is 0 Å². The van der Waals surface area contributed by atoms with Crippen LogP contribution < -0.4 is 10.0 Å². The van der Waals surface area contributed by atoms with Crippen molar-refractivity contribution in [1.29, 1.82) is 0 Å². The Morgan fingerprint density at radius 1 is 1.40 bits per heavy atom. The Hall–Kier alpha value is -0.470. The van der Waals surface area contributed by atoms with Crippen LogP contribution in [0.4, 0.5) is 0 Å². The lowest BCUT2D eigenvalue weighted by Gasteiger charge is -2.21. The van der Waals surface area contributed by atoms with Gasteiger partial charge in [-0.15, -0.1) is 11.3 Å². The summed E-state index contributed by atoms with van der Waals surface area (Å²) in [5.74, 6) is 0. The predicted octanol–water partition coefficient (Wildman–Crippen LogP) is 1.23. The predicted molar refractivity (Wildman–Crippen MR) is 82.5 cm³/mol. The van der Waals surface area contributed by atoms with Crippen LogP contribution in [0.15, 0.2) is 16.3 Å². The summed E-state index contributed by atoms with van der Waals surface area (Å²) in [5.41, 5.74) is 0. The zero-order valence-electron chi connectivity index (χ0n) is 12.1. The van der Waals surface area contributed by atoms with E-state index in [1.807, 2.05) is 19.4 Å². The van der Waals surface area contributed by atoms with E-state index < -0.39 is 10.0 Å². The van der Waals surface area contributed by atoms with E-state index in [-0.39, 0.29) is 6.04 Å². The molecule has 2 heterocycles. The molecule has 5 nitrogen and oxygen atoms in total. The SMILES string of the molecule is CNCc1sccc1S(=O)(=O)NC(C)CN1CCCC1. The lowest BCUT2D eigenvalue weighted by molar-refractivity contribution is 0.313. The molecule has 0 saturated carbocycles. The molecule has 1 aliphatic rings. The van der Waals surface area contributed by atoms with Crippen molar-refractivity contribution in [1.82, 2.24) is 14.9 Å². The van der Waals surface area contributed by atoms with Gasteiger partial charge in [0.2, 0.25) is 10.0 Å². The van der Waals surface area contributed by atoms with Gasteiger partial charge in [-0.05, 0) is 51.3 Å². The van der Waals surface area contributed by atoms with Crippen molar-refractivity contribution < 1.29 is 8.42 Å². The molecule has 1 unspecified atom stereocenters. The number of likely N-dealkylation sites (tertiary alicyclic amines) is 1. The lowest BCUT2D eigenvalue weighted by atomic mass is 10.3. The van der Waals surface area contributed by atoms with Gasteiger partial charge in [-0.25, -0.2) is 13.1 Å². The van der Waals surface area contributed by atoms with Crippen molar-refractivity contribution in [2.75, 3.05) is 26.7 Å². The number of thiophene rings is 1. The Morgan fingerprint density at radius 2 is 2.10 bits per heavy atom. The fourth-order valence-corrected chi connectivity index (χ4v) is 5.27. The van der Waals surface area contributed by atoms with Crippen LogP contribution in [0.2, 0.25) is 0 Å². The first-order valence-corrected chi connectivity index (χ1v) is 9.35. The minimum absolute atomic E-state index is 0.0690. The molecule has 20 heavy (non-hydrogen) atoms. The van der Waals surface area contributed by atoms with Gasteiger partial charge < -0.3 is 10.2 Å². The monoisotopic (exact) mass is 317 g/mol. The van der Waals surface area contributed by atoms with Crippen molar-refractivity contribution >= 4 is 21.4 Å². The maximum absolute atomic E-state index is 12.4. The molecule has 1 aromatic heterocycles. The second kappa shape index (κ2) is 7.00. The topological polar surface area (TPSA) is 61.4 Å². The Bertz CT molecular complexity index is 521. The van der Waals surface area contributed by atoms with Gasteiger partial charge in [0.25, 0.3) is 0 Å². The molecule has 1 saturated heterocycles. The molecule has 0 aliphatic carbocycles. The summed E-state index contributed by atoms with van der Waals surface area (Å²) in [6, 6.07) is 1.61. The minimum atomic E-state index is -3.42. The number of nitrogens with zero attached hydrogens (tertiary/aromatic N) is 1. The molecular formula is C13H23N3O2S2. The molecule has 0 aromatic carbocycles. The first-order chi connectivity index (χ1) is 9.53. The molecule has 0 spiro atoms. The highest BCUT2D eigenvalue weighted by Crippen LogP contribution is 2.22. The average Bonchev–Trinajstić information content (AvgIpc) is 2.99. The molecule has 7 heteroatoms. The van der Waals surface area contributed by atoms with Crippen LogP contribution in [0.3, 0.4) is 0 Å². The van der Waals surface area contributed by atoms with Crippen molar-refractivity contribution in [2.45, 2.75) is 37.2 Å². The second-order valence-corrected chi connectivity index (χ2v) is 7.95. The van der Waals surface area contributed by atoms with Crippen LogP contribution in [-0.4, -0.2) is 46.0 Å². The van der Waals surface area contributed by atoms with Crippen LogP contribution in [0.25, 0.3) is 0 Å². The van der Waals surface area contributed by atoms with E-state index in [1.54, 1.807) is 6.07 Å². The summed E-state index contributed by atoms with van der Waals surface area (Å²) in [4.78, 5) is 3.58. The van der Waals surface area contributed by atoms with E-state index in [0.717, 1.165) is 24.5 Å². The number of rotatable bonds is 7. The molecule has 1 aromatic rings. The molecular weight excluding hydrogens is 294 g/mol. The zero-order valence-corrected chi connectivity index (χ0v) is 13.7.